The summed E-state index contributed by atoms with van der Waals surface area (Å²) in [7, 11) is 0. The highest BCUT2D eigenvalue weighted by molar-refractivity contribution is 6.18. The van der Waals surface area contributed by atoms with E-state index >= 15 is 0 Å². The summed E-state index contributed by atoms with van der Waals surface area (Å²) in [6, 6.07) is 12.3. The zero-order valence-electron chi connectivity index (χ0n) is 14.8. The van der Waals surface area contributed by atoms with Gasteiger partial charge in [-0.1, -0.05) is 0 Å². The summed E-state index contributed by atoms with van der Waals surface area (Å²) in [5.74, 6) is -0.474. The number of benzene rings is 1. The molecule has 0 unspecified atom stereocenters. The largest absolute Gasteiger partial charge is 0.467 e. The molecule has 0 saturated heterocycles. The van der Waals surface area contributed by atoms with E-state index in [0.29, 0.717) is 17.2 Å². The lowest BCUT2D eigenvalue weighted by atomic mass is 10.2. The first-order chi connectivity index (χ1) is 13.6. The molecule has 0 saturated carbocycles. The molecule has 8 heteroatoms. The van der Waals surface area contributed by atoms with E-state index in [2.05, 4.69) is 16.0 Å². The van der Waals surface area contributed by atoms with Crippen molar-refractivity contribution in [3.05, 3.63) is 90.2 Å². The molecule has 0 aliphatic heterocycles. The van der Waals surface area contributed by atoms with Crippen molar-refractivity contribution in [2.75, 3.05) is 5.32 Å². The number of rotatable bonds is 8. The van der Waals surface area contributed by atoms with E-state index < -0.39 is 11.8 Å². The summed E-state index contributed by atoms with van der Waals surface area (Å²) in [4.78, 5) is 25.0. The van der Waals surface area contributed by atoms with Crippen LogP contribution in [0.15, 0.2) is 81.7 Å². The molecule has 0 spiro atoms. The first-order valence-electron chi connectivity index (χ1n) is 8.45. The quantitative estimate of drug-likeness (QED) is 0.316. The van der Waals surface area contributed by atoms with Crippen molar-refractivity contribution in [1.82, 2.24) is 10.6 Å². The van der Waals surface area contributed by atoms with Crippen LogP contribution in [0.2, 0.25) is 0 Å². The van der Waals surface area contributed by atoms with Crippen molar-refractivity contribution in [3.8, 4) is 0 Å². The molecule has 1 aromatic carbocycles. The van der Waals surface area contributed by atoms with Crippen LogP contribution in [-0.4, -0.2) is 11.8 Å². The maximum atomic E-state index is 13.0. The molecule has 0 atom stereocenters. The highest BCUT2D eigenvalue weighted by atomic mass is 19.1. The summed E-state index contributed by atoms with van der Waals surface area (Å²) >= 11 is 0. The highest BCUT2D eigenvalue weighted by Gasteiger charge is 2.18. The molecule has 144 valence electrons. The second-order valence-corrected chi connectivity index (χ2v) is 5.73. The number of halogens is 1. The van der Waals surface area contributed by atoms with Gasteiger partial charge in [-0.15, -0.1) is 0 Å². The van der Waals surface area contributed by atoms with E-state index in [1.54, 1.807) is 24.3 Å². The maximum Gasteiger partial charge on any atom is 0.258 e. The maximum absolute atomic E-state index is 13.0. The van der Waals surface area contributed by atoms with Gasteiger partial charge in [-0.25, -0.2) is 4.39 Å². The number of carbonyl (C=O) groups excluding carboxylic acids is 2. The molecule has 28 heavy (non-hydrogen) atoms. The smallest absolute Gasteiger partial charge is 0.258 e. The monoisotopic (exact) mass is 383 g/mol. The lowest BCUT2D eigenvalue weighted by Gasteiger charge is -2.10. The summed E-state index contributed by atoms with van der Waals surface area (Å²) in [5.41, 5.74) is 0.374. The molecule has 2 heterocycles. The van der Waals surface area contributed by atoms with Crippen molar-refractivity contribution >= 4 is 17.5 Å². The van der Waals surface area contributed by atoms with E-state index in [0.717, 1.165) is 0 Å². The minimum atomic E-state index is -0.594. The number of hydrogen-bond donors (Lipinski definition) is 3. The van der Waals surface area contributed by atoms with Gasteiger partial charge in [0.25, 0.3) is 11.8 Å². The average molecular weight is 383 g/mol. The molecular weight excluding hydrogens is 365 g/mol. The SMILES string of the molecule is O=C(NCc1ccco1)C(=CNc1ccc(F)cc1)C(=O)NCc1ccco1. The Morgan fingerprint density at radius 3 is 1.86 bits per heavy atom. The Kier molecular flexibility index (Phi) is 6.25. The zero-order chi connectivity index (χ0) is 19.8. The molecule has 2 amide bonds. The van der Waals surface area contributed by atoms with Crippen LogP contribution in [0, 0.1) is 5.82 Å². The van der Waals surface area contributed by atoms with Crippen molar-refractivity contribution in [2.24, 2.45) is 0 Å². The Morgan fingerprint density at radius 2 is 1.39 bits per heavy atom. The number of nitrogens with one attached hydrogen (secondary N) is 3. The molecule has 7 nitrogen and oxygen atoms in total. The molecule has 2 aromatic heterocycles. The first-order valence-corrected chi connectivity index (χ1v) is 8.45. The van der Waals surface area contributed by atoms with Crippen molar-refractivity contribution in [1.29, 1.82) is 0 Å². The Labute approximate surface area is 160 Å². The molecule has 0 aliphatic carbocycles. The number of furan rings is 2. The second kappa shape index (κ2) is 9.22. The average Bonchev–Trinajstić information content (AvgIpc) is 3.40. The first kappa shape index (κ1) is 19.0. The van der Waals surface area contributed by atoms with Gasteiger partial charge >= 0.3 is 0 Å². The van der Waals surface area contributed by atoms with Gasteiger partial charge in [0.05, 0.1) is 25.6 Å². The van der Waals surface area contributed by atoms with Crippen LogP contribution < -0.4 is 16.0 Å². The van der Waals surface area contributed by atoms with Gasteiger partial charge < -0.3 is 24.8 Å². The van der Waals surface area contributed by atoms with Crippen molar-refractivity contribution < 1.29 is 22.8 Å². The Morgan fingerprint density at radius 1 is 0.857 bits per heavy atom. The number of amides is 2. The van der Waals surface area contributed by atoms with Crippen LogP contribution in [0.3, 0.4) is 0 Å². The molecule has 0 aliphatic rings. The Hall–Kier alpha value is -3.81. The zero-order valence-corrected chi connectivity index (χ0v) is 14.8. The molecular formula is C20H18FN3O4. The fourth-order valence-corrected chi connectivity index (χ4v) is 2.29. The normalized spacial score (nSPS) is 10.2. The molecule has 3 N–H and O–H groups in total. The van der Waals surface area contributed by atoms with Crippen molar-refractivity contribution in [2.45, 2.75) is 13.1 Å². The van der Waals surface area contributed by atoms with Crippen LogP contribution in [0.1, 0.15) is 11.5 Å². The standard InChI is InChI=1S/C20H18FN3O4/c21-14-5-7-15(8-6-14)22-13-18(19(25)23-11-16-3-1-9-27-16)20(26)24-12-17-4-2-10-28-17/h1-10,13,22H,11-12H2,(H,23,25)(H,24,26). The van der Waals surface area contributed by atoms with E-state index in [1.807, 2.05) is 0 Å². The number of hydrogen-bond acceptors (Lipinski definition) is 5. The van der Waals surface area contributed by atoms with E-state index in [-0.39, 0.29) is 24.5 Å². The van der Waals surface area contributed by atoms with Gasteiger partial charge in [-0.3, -0.25) is 9.59 Å². The summed E-state index contributed by atoms with van der Waals surface area (Å²) in [5, 5.41) is 8.06. The van der Waals surface area contributed by atoms with Gasteiger partial charge in [-0.2, -0.15) is 0 Å². The van der Waals surface area contributed by atoms with Crippen LogP contribution in [0.25, 0.3) is 0 Å². The molecule has 0 radical (unpaired) electrons. The molecule has 0 bridgehead atoms. The molecule has 0 fully saturated rings. The fraction of sp³-hybridized carbons (Fsp3) is 0.100. The van der Waals surface area contributed by atoms with Gasteiger partial charge in [0.2, 0.25) is 0 Å². The van der Waals surface area contributed by atoms with Gasteiger partial charge in [0.15, 0.2) is 0 Å². The third-order valence-electron chi connectivity index (χ3n) is 3.72. The Balaban J connectivity index is 1.69. The summed E-state index contributed by atoms with van der Waals surface area (Å²) in [6.45, 7) is 0.260. The summed E-state index contributed by atoms with van der Waals surface area (Å²) in [6.07, 6.45) is 4.25. The van der Waals surface area contributed by atoms with E-state index in [9.17, 15) is 14.0 Å². The van der Waals surface area contributed by atoms with Gasteiger partial charge in [-0.05, 0) is 48.5 Å². The van der Waals surface area contributed by atoms with Gasteiger partial charge in [0, 0.05) is 11.9 Å². The minimum absolute atomic E-state index is 0.130. The van der Waals surface area contributed by atoms with Crippen molar-refractivity contribution in [3.63, 3.8) is 0 Å². The summed E-state index contributed by atoms with van der Waals surface area (Å²) < 4.78 is 23.3. The van der Waals surface area contributed by atoms with Crippen LogP contribution >= 0.6 is 0 Å². The van der Waals surface area contributed by atoms with Gasteiger partial charge in [0.1, 0.15) is 22.9 Å². The molecule has 3 aromatic rings. The van der Waals surface area contributed by atoms with Crippen LogP contribution in [-0.2, 0) is 22.7 Å². The third-order valence-corrected chi connectivity index (χ3v) is 3.72. The molecule has 3 rings (SSSR count). The lowest BCUT2D eigenvalue weighted by molar-refractivity contribution is -0.123. The minimum Gasteiger partial charge on any atom is -0.467 e. The van der Waals surface area contributed by atoms with Crippen LogP contribution in [0.4, 0.5) is 10.1 Å². The highest BCUT2D eigenvalue weighted by Crippen LogP contribution is 2.10. The van der Waals surface area contributed by atoms with E-state index in [4.69, 9.17) is 8.83 Å². The number of anilines is 1. The van der Waals surface area contributed by atoms with E-state index in [1.165, 1.54) is 43.0 Å². The predicted molar refractivity (Wildman–Crippen MR) is 99.2 cm³/mol. The topological polar surface area (TPSA) is 96.5 Å². The number of carbonyl (C=O) groups is 2. The fourth-order valence-electron chi connectivity index (χ4n) is 2.29. The Bertz CT molecular complexity index is 880. The predicted octanol–water partition coefficient (Wildman–Crippen LogP) is 2.94. The van der Waals surface area contributed by atoms with Crippen LogP contribution in [0.5, 0.6) is 0 Å². The lowest BCUT2D eigenvalue weighted by Crippen LogP contribution is -2.34. The third kappa shape index (κ3) is 5.34. The second-order valence-electron chi connectivity index (χ2n) is 5.73.